The van der Waals surface area contributed by atoms with Crippen LogP contribution in [0, 0.1) is 5.82 Å². The van der Waals surface area contributed by atoms with Crippen molar-refractivity contribution >= 4 is 31.3 Å². The summed E-state index contributed by atoms with van der Waals surface area (Å²) in [4.78, 5) is 0. The van der Waals surface area contributed by atoms with E-state index in [2.05, 4.69) is 0 Å². The van der Waals surface area contributed by atoms with Gasteiger partial charge in [0.2, 0.25) is 9.05 Å². The minimum Gasteiger partial charge on any atom is -0.504 e. The summed E-state index contributed by atoms with van der Waals surface area (Å²) in [7, 11) is 2.19. The third-order valence-electron chi connectivity index (χ3n) is 1.79. The van der Waals surface area contributed by atoms with Gasteiger partial charge in [0.1, 0.15) is 5.82 Å². The van der Waals surface area contributed by atoms with Gasteiger partial charge in [-0.15, -0.1) is 0 Å². The monoisotopic (exact) mass is 288 g/mol. The highest BCUT2D eigenvalue weighted by Crippen LogP contribution is 2.37. The van der Waals surface area contributed by atoms with E-state index in [0.29, 0.717) is 0 Å². The molecule has 90 valence electrons. The van der Waals surface area contributed by atoms with Gasteiger partial charge in [-0.2, -0.15) is 0 Å². The maximum Gasteiger partial charge on any atom is 0.237 e. The highest BCUT2D eigenvalue weighted by molar-refractivity contribution is 8.13. The molecule has 0 aromatic heterocycles. The van der Waals surface area contributed by atoms with Crippen molar-refractivity contribution in [2.45, 2.75) is 5.75 Å². The van der Waals surface area contributed by atoms with Crippen molar-refractivity contribution in [3.05, 3.63) is 22.5 Å². The summed E-state index contributed by atoms with van der Waals surface area (Å²) in [5.41, 5.74) is -0.514. The zero-order valence-electron chi connectivity index (χ0n) is 8.00. The third kappa shape index (κ3) is 2.90. The van der Waals surface area contributed by atoms with Gasteiger partial charge in [-0.1, -0.05) is 11.6 Å². The molecule has 0 spiro atoms. The molecule has 1 aromatic carbocycles. The van der Waals surface area contributed by atoms with E-state index in [1.165, 1.54) is 7.11 Å². The summed E-state index contributed by atoms with van der Waals surface area (Å²) < 4.78 is 39.8. The first-order valence-electron chi connectivity index (χ1n) is 3.92. The van der Waals surface area contributed by atoms with E-state index in [0.717, 1.165) is 6.07 Å². The van der Waals surface area contributed by atoms with Crippen molar-refractivity contribution in [3.8, 4) is 11.5 Å². The molecule has 0 bridgehead atoms. The van der Waals surface area contributed by atoms with Gasteiger partial charge >= 0.3 is 0 Å². The standard InChI is InChI=1S/C8H7Cl2FO4S/c1-15-6-2-5(9)7(11)4(8(6)12)3-16(10,13)14/h2,12H,3H2,1H3. The molecule has 0 fully saturated rings. The number of hydrogen-bond donors (Lipinski definition) is 1. The molecule has 0 heterocycles. The zero-order valence-corrected chi connectivity index (χ0v) is 10.3. The van der Waals surface area contributed by atoms with E-state index < -0.39 is 31.9 Å². The summed E-state index contributed by atoms with van der Waals surface area (Å²) in [5.74, 6) is -2.66. The molecule has 16 heavy (non-hydrogen) atoms. The molecule has 0 aliphatic carbocycles. The van der Waals surface area contributed by atoms with E-state index in [1.807, 2.05) is 0 Å². The second-order valence-corrected chi connectivity index (χ2v) is 6.07. The van der Waals surface area contributed by atoms with Gasteiger partial charge in [0.25, 0.3) is 0 Å². The fourth-order valence-electron chi connectivity index (χ4n) is 1.10. The van der Waals surface area contributed by atoms with Crippen LogP contribution in [-0.4, -0.2) is 20.6 Å². The van der Waals surface area contributed by atoms with Crippen LogP contribution in [0.1, 0.15) is 5.56 Å². The number of phenolic OH excluding ortho intramolecular Hbond substituents is 1. The number of aromatic hydroxyl groups is 1. The zero-order chi connectivity index (χ0) is 12.5. The van der Waals surface area contributed by atoms with E-state index in [9.17, 15) is 17.9 Å². The van der Waals surface area contributed by atoms with Gasteiger partial charge in [0.15, 0.2) is 11.5 Å². The first-order valence-corrected chi connectivity index (χ1v) is 6.78. The number of benzene rings is 1. The smallest absolute Gasteiger partial charge is 0.237 e. The SMILES string of the molecule is COc1cc(Cl)c(F)c(CS(=O)(=O)Cl)c1O. The second-order valence-electron chi connectivity index (χ2n) is 2.88. The summed E-state index contributed by atoms with van der Waals surface area (Å²) in [6.45, 7) is 0. The molecule has 1 N–H and O–H groups in total. The second kappa shape index (κ2) is 4.65. The van der Waals surface area contributed by atoms with Crippen molar-refractivity contribution in [1.29, 1.82) is 0 Å². The number of phenols is 1. The lowest BCUT2D eigenvalue weighted by molar-refractivity contribution is 0.368. The lowest BCUT2D eigenvalue weighted by Crippen LogP contribution is -2.01. The van der Waals surface area contributed by atoms with Crippen LogP contribution >= 0.6 is 22.3 Å². The molecule has 0 aliphatic rings. The summed E-state index contributed by atoms with van der Waals surface area (Å²) in [5, 5.41) is 9.15. The molecule has 0 saturated heterocycles. The predicted octanol–water partition coefficient (Wildman–Crippen LogP) is 2.26. The average molecular weight is 289 g/mol. The molecule has 1 aromatic rings. The first-order chi connectivity index (χ1) is 7.26. The van der Waals surface area contributed by atoms with Gasteiger partial charge in [-0.3, -0.25) is 0 Å². The first kappa shape index (κ1) is 13.3. The molecule has 0 saturated carbocycles. The summed E-state index contributed by atoms with van der Waals surface area (Å²) in [6.07, 6.45) is 0. The molecule has 0 aliphatic heterocycles. The van der Waals surface area contributed by atoms with Crippen LogP contribution in [0.25, 0.3) is 0 Å². The number of methoxy groups -OCH3 is 1. The molecule has 0 amide bonds. The molecule has 0 unspecified atom stereocenters. The minimum atomic E-state index is -4.01. The molecular formula is C8H7Cl2FO4S. The van der Waals surface area contributed by atoms with Crippen LogP contribution in [-0.2, 0) is 14.8 Å². The lowest BCUT2D eigenvalue weighted by atomic mass is 10.2. The van der Waals surface area contributed by atoms with Crippen molar-refractivity contribution in [1.82, 2.24) is 0 Å². The van der Waals surface area contributed by atoms with E-state index in [1.54, 1.807) is 0 Å². The number of rotatable bonds is 3. The summed E-state index contributed by atoms with van der Waals surface area (Å²) in [6, 6.07) is 1.04. The van der Waals surface area contributed by atoms with E-state index >= 15 is 0 Å². The molecule has 4 nitrogen and oxygen atoms in total. The number of ether oxygens (including phenoxy) is 1. The minimum absolute atomic E-state index is 0.123. The molecule has 8 heteroatoms. The van der Waals surface area contributed by atoms with E-state index in [4.69, 9.17) is 27.0 Å². The maximum absolute atomic E-state index is 13.4. The van der Waals surface area contributed by atoms with Crippen LogP contribution in [0.2, 0.25) is 5.02 Å². The number of hydrogen-bond acceptors (Lipinski definition) is 4. The Kier molecular flexibility index (Phi) is 3.88. The molecule has 0 atom stereocenters. The van der Waals surface area contributed by atoms with Gasteiger partial charge in [-0.25, -0.2) is 12.8 Å². The van der Waals surface area contributed by atoms with Gasteiger partial charge < -0.3 is 9.84 Å². The van der Waals surface area contributed by atoms with Crippen molar-refractivity contribution in [2.75, 3.05) is 7.11 Å². The Morgan fingerprint density at radius 3 is 2.56 bits per heavy atom. The van der Waals surface area contributed by atoms with Crippen molar-refractivity contribution < 1.29 is 22.7 Å². The molecule has 1 rings (SSSR count). The third-order valence-corrected chi connectivity index (χ3v) is 3.02. The van der Waals surface area contributed by atoms with Gasteiger partial charge in [0.05, 0.1) is 23.4 Å². The Labute approximate surface area is 101 Å². The van der Waals surface area contributed by atoms with Crippen molar-refractivity contribution in [2.24, 2.45) is 0 Å². The normalized spacial score (nSPS) is 11.5. The topological polar surface area (TPSA) is 63.6 Å². The molecular weight excluding hydrogens is 282 g/mol. The highest BCUT2D eigenvalue weighted by Gasteiger charge is 2.21. The van der Waals surface area contributed by atoms with Crippen LogP contribution in [0.15, 0.2) is 6.07 Å². The Balaban J connectivity index is 3.42. The fourth-order valence-corrected chi connectivity index (χ4v) is 2.25. The fraction of sp³-hybridized carbons (Fsp3) is 0.250. The maximum atomic E-state index is 13.4. The predicted molar refractivity (Wildman–Crippen MR) is 58.1 cm³/mol. The Morgan fingerprint density at radius 2 is 2.12 bits per heavy atom. The van der Waals surface area contributed by atoms with Crippen molar-refractivity contribution in [3.63, 3.8) is 0 Å². The average Bonchev–Trinajstić information content (AvgIpc) is 2.17. The Morgan fingerprint density at radius 1 is 1.56 bits per heavy atom. The van der Waals surface area contributed by atoms with Gasteiger partial charge in [0, 0.05) is 16.7 Å². The van der Waals surface area contributed by atoms with Crippen LogP contribution < -0.4 is 4.74 Å². The Bertz CT molecular complexity index is 515. The lowest BCUT2D eigenvalue weighted by Gasteiger charge is -2.10. The highest BCUT2D eigenvalue weighted by atomic mass is 35.7. The largest absolute Gasteiger partial charge is 0.504 e. The van der Waals surface area contributed by atoms with E-state index in [-0.39, 0.29) is 10.8 Å². The molecule has 0 radical (unpaired) electrons. The number of halogens is 3. The van der Waals surface area contributed by atoms with Crippen LogP contribution in [0.3, 0.4) is 0 Å². The summed E-state index contributed by atoms with van der Waals surface area (Å²) >= 11 is 5.49. The quantitative estimate of drug-likeness (QED) is 0.867. The van der Waals surface area contributed by atoms with Crippen LogP contribution in [0.5, 0.6) is 11.5 Å². The van der Waals surface area contributed by atoms with Crippen LogP contribution in [0.4, 0.5) is 4.39 Å². The van der Waals surface area contributed by atoms with Gasteiger partial charge in [-0.05, 0) is 0 Å². The Hall–Kier alpha value is -0.720.